The minimum Gasteiger partial charge on any atom is -0.394 e. The molecule has 0 aromatic carbocycles. The van der Waals surface area contributed by atoms with E-state index in [2.05, 4.69) is 19.2 Å². The zero-order valence-corrected chi connectivity index (χ0v) is 50.7. The zero-order chi connectivity index (χ0) is 56.1. The number of aliphatic hydroxyl groups excluding tert-OH is 7. The fraction of sp³-hybridized carbons (Fsp3) is 0.985. The van der Waals surface area contributed by atoms with Crippen molar-refractivity contribution in [3.05, 3.63) is 0 Å². The van der Waals surface area contributed by atoms with Gasteiger partial charge in [-0.3, -0.25) is 4.79 Å². The van der Waals surface area contributed by atoms with Gasteiger partial charge in [0.15, 0.2) is 6.29 Å². The number of unbranched alkanes of at least 4 members (excludes halogenated alkanes) is 48. The van der Waals surface area contributed by atoms with E-state index in [9.17, 15) is 40.5 Å². The molecule has 9 atom stereocenters. The minimum atomic E-state index is -1.66. The molecule has 11 heteroatoms. The summed E-state index contributed by atoms with van der Waals surface area (Å²) >= 11 is 0. The third-order valence-electron chi connectivity index (χ3n) is 16.9. The molecule has 11 nitrogen and oxygen atoms in total. The van der Waals surface area contributed by atoms with Crippen LogP contribution in [0.25, 0.3) is 0 Å². The fourth-order valence-electron chi connectivity index (χ4n) is 11.4. The van der Waals surface area contributed by atoms with Crippen LogP contribution in [0.2, 0.25) is 0 Å². The molecule has 9 unspecified atom stereocenters. The lowest BCUT2D eigenvalue weighted by Gasteiger charge is -2.40. The molecule has 0 aliphatic carbocycles. The minimum absolute atomic E-state index is 0.268. The van der Waals surface area contributed by atoms with Gasteiger partial charge in [0.05, 0.1) is 25.4 Å². The van der Waals surface area contributed by atoms with Crippen LogP contribution >= 0.6 is 0 Å². The van der Waals surface area contributed by atoms with Crippen molar-refractivity contribution in [3.8, 4) is 0 Å². The largest absolute Gasteiger partial charge is 0.394 e. The van der Waals surface area contributed by atoms with E-state index in [1.807, 2.05) is 0 Å². The molecule has 1 amide bonds. The van der Waals surface area contributed by atoms with E-state index in [1.165, 1.54) is 270 Å². The van der Waals surface area contributed by atoms with Crippen LogP contribution in [0.4, 0.5) is 0 Å². The summed E-state index contributed by atoms with van der Waals surface area (Å²) in [6.45, 7) is 3.52. The summed E-state index contributed by atoms with van der Waals surface area (Å²) in [5, 5.41) is 76.4. The fourth-order valence-corrected chi connectivity index (χ4v) is 11.4. The van der Waals surface area contributed by atoms with Gasteiger partial charge in [-0.2, -0.15) is 0 Å². The molecule has 8 N–H and O–H groups in total. The molecule has 1 saturated heterocycles. The van der Waals surface area contributed by atoms with Crippen molar-refractivity contribution in [2.45, 2.75) is 403 Å². The molecule has 0 bridgehead atoms. The van der Waals surface area contributed by atoms with E-state index in [0.717, 1.165) is 38.5 Å². The molecule has 1 fully saturated rings. The van der Waals surface area contributed by atoms with Gasteiger partial charge in [-0.25, -0.2) is 0 Å². The van der Waals surface area contributed by atoms with Crippen LogP contribution in [0.3, 0.4) is 0 Å². The van der Waals surface area contributed by atoms with Gasteiger partial charge in [-0.15, -0.1) is 0 Å². The molecular weight excluding hydrogens is 967 g/mol. The quantitative estimate of drug-likeness (QED) is 0.0272. The van der Waals surface area contributed by atoms with Crippen molar-refractivity contribution >= 4 is 5.91 Å². The van der Waals surface area contributed by atoms with Crippen LogP contribution in [-0.2, 0) is 14.3 Å². The summed E-state index contributed by atoms with van der Waals surface area (Å²) < 4.78 is 11.2. The van der Waals surface area contributed by atoms with Gasteiger partial charge in [0.25, 0.3) is 0 Å². The summed E-state index contributed by atoms with van der Waals surface area (Å²) in [4.78, 5) is 13.2. The van der Waals surface area contributed by atoms with Gasteiger partial charge in [-0.05, 0) is 12.8 Å². The Morgan fingerprint density at radius 2 is 0.675 bits per heavy atom. The number of hydrogen-bond donors (Lipinski definition) is 8. The van der Waals surface area contributed by atoms with Crippen molar-refractivity contribution < 1.29 is 50.0 Å². The Morgan fingerprint density at radius 3 is 0.961 bits per heavy atom. The van der Waals surface area contributed by atoms with E-state index in [-0.39, 0.29) is 6.42 Å². The maximum absolute atomic E-state index is 13.2. The number of rotatable bonds is 60. The number of carbonyl (C=O) groups excluding carboxylic acids is 1. The Balaban J connectivity index is 2.17. The first-order chi connectivity index (χ1) is 37.7. The summed E-state index contributed by atoms with van der Waals surface area (Å²) in [5.41, 5.74) is 0. The van der Waals surface area contributed by atoms with Crippen LogP contribution in [0, 0.1) is 0 Å². The zero-order valence-electron chi connectivity index (χ0n) is 50.7. The summed E-state index contributed by atoms with van der Waals surface area (Å²) in [5.74, 6) is -0.687. The molecule has 1 heterocycles. The monoisotopic (exact) mass is 1100 g/mol. The third-order valence-corrected chi connectivity index (χ3v) is 16.9. The topological polar surface area (TPSA) is 189 Å². The van der Waals surface area contributed by atoms with Gasteiger partial charge in [-0.1, -0.05) is 335 Å². The highest BCUT2D eigenvalue weighted by molar-refractivity contribution is 5.80. The highest BCUT2D eigenvalue weighted by Gasteiger charge is 2.44. The summed E-state index contributed by atoms with van der Waals surface area (Å²) in [6.07, 6.45) is 54.7. The molecule has 1 rings (SSSR count). The first-order valence-electron chi connectivity index (χ1n) is 33.9. The lowest BCUT2D eigenvalue weighted by Crippen LogP contribution is -2.60. The molecule has 460 valence electrons. The van der Waals surface area contributed by atoms with Crippen LogP contribution in [-0.4, -0.2) is 110 Å². The van der Waals surface area contributed by atoms with Crippen LogP contribution in [0.5, 0.6) is 0 Å². The second kappa shape index (κ2) is 55.6. The second-order valence-electron chi connectivity index (χ2n) is 24.3. The first kappa shape index (κ1) is 74.1. The standard InChI is InChI=1S/C66H131NO10/c1-3-5-7-9-11-13-15-17-19-21-23-24-25-26-27-28-29-30-31-32-33-34-36-38-40-42-44-46-48-50-52-54-59(70)65(75)67-57(56-76-66-64(74)63(73)62(72)60(55-68)77-66)61(71)58(69)53-51-49-47-45-43-41-39-37-35-22-20-18-16-14-12-10-8-6-4-2/h57-64,66,68-74H,3-56H2,1-2H3,(H,67,75). The molecule has 0 radical (unpaired) electrons. The molecule has 0 aromatic heterocycles. The predicted octanol–water partition coefficient (Wildman–Crippen LogP) is 15.7. The maximum atomic E-state index is 13.2. The van der Waals surface area contributed by atoms with Gasteiger partial charge in [0, 0.05) is 0 Å². The van der Waals surface area contributed by atoms with E-state index in [0.29, 0.717) is 19.3 Å². The van der Waals surface area contributed by atoms with Crippen molar-refractivity contribution in [2.24, 2.45) is 0 Å². The van der Waals surface area contributed by atoms with Crippen molar-refractivity contribution in [1.82, 2.24) is 5.32 Å². The number of ether oxygens (including phenoxy) is 2. The molecule has 0 saturated carbocycles. The summed E-state index contributed by atoms with van der Waals surface area (Å²) in [7, 11) is 0. The molecule has 77 heavy (non-hydrogen) atoms. The predicted molar refractivity (Wildman–Crippen MR) is 321 cm³/mol. The number of hydrogen-bond acceptors (Lipinski definition) is 10. The molecule has 0 spiro atoms. The van der Waals surface area contributed by atoms with Crippen molar-refractivity contribution in [1.29, 1.82) is 0 Å². The smallest absolute Gasteiger partial charge is 0.249 e. The van der Waals surface area contributed by atoms with Crippen LogP contribution < -0.4 is 5.32 Å². The number of aliphatic hydroxyl groups is 7. The Hall–Kier alpha value is -0.890. The van der Waals surface area contributed by atoms with E-state index >= 15 is 0 Å². The van der Waals surface area contributed by atoms with E-state index in [1.54, 1.807) is 0 Å². The Morgan fingerprint density at radius 1 is 0.403 bits per heavy atom. The number of amides is 1. The van der Waals surface area contributed by atoms with Crippen molar-refractivity contribution in [3.63, 3.8) is 0 Å². The van der Waals surface area contributed by atoms with Gasteiger partial charge < -0.3 is 50.5 Å². The maximum Gasteiger partial charge on any atom is 0.249 e. The van der Waals surface area contributed by atoms with Gasteiger partial charge in [0.1, 0.15) is 36.6 Å². The van der Waals surface area contributed by atoms with E-state index in [4.69, 9.17) is 9.47 Å². The number of nitrogens with one attached hydrogen (secondary N) is 1. The van der Waals surface area contributed by atoms with Crippen LogP contribution in [0.1, 0.15) is 348 Å². The van der Waals surface area contributed by atoms with Gasteiger partial charge in [0.2, 0.25) is 5.91 Å². The highest BCUT2D eigenvalue weighted by Crippen LogP contribution is 2.24. The summed E-state index contributed by atoms with van der Waals surface area (Å²) in [6, 6.07) is -1.16. The van der Waals surface area contributed by atoms with Crippen LogP contribution in [0.15, 0.2) is 0 Å². The average Bonchev–Trinajstić information content (AvgIpc) is 3.43. The van der Waals surface area contributed by atoms with Crippen molar-refractivity contribution in [2.75, 3.05) is 13.2 Å². The SMILES string of the molecule is CCCCCCCCCCCCCCCCCCCCCCCCCCCCCCCCCC(O)C(=O)NC(COC1OC(CO)C(O)C(O)C1O)C(O)C(O)CCCCCCCCCCCCCCCCCCCCC. The average molecular weight is 1100 g/mol. The normalized spacial score (nSPS) is 19.4. The van der Waals surface area contributed by atoms with Gasteiger partial charge >= 0.3 is 0 Å². The second-order valence-corrected chi connectivity index (χ2v) is 24.3. The molecule has 1 aliphatic heterocycles. The van der Waals surface area contributed by atoms with E-state index < -0.39 is 74.2 Å². The first-order valence-corrected chi connectivity index (χ1v) is 33.9. The third kappa shape index (κ3) is 43.5. The Bertz CT molecular complexity index is 1210. The lowest BCUT2D eigenvalue weighted by atomic mass is 9.98. The lowest BCUT2D eigenvalue weighted by molar-refractivity contribution is -0.303. The molecule has 0 aromatic rings. The Labute approximate surface area is 475 Å². The molecular formula is C66H131NO10. The number of carbonyl (C=O) groups is 1. The molecule has 1 aliphatic rings. The highest BCUT2D eigenvalue weighted by atomic mass is 16.7. The Kier molecular flexibility index (Phi) is 53.6.